The minimum atomic E-state index is -0.863. The van der Waals surface area contributed by atoms with Crippen LogP contribution in [0.2, 0.25) is 0 Å². The van der Waals surface area contributed by atoms with Crippen LogP contribution in [0, 0.1) is 0 Å². The van der Waals surface area contributed by atoms with E-state index in [1.165, 1.54) is 6.92 Å². The first-order valence-corrected chi connectivity index (χ1v) is 7.21. The Kier molecular flexibility index (Phi) is 7.67. The fraction of sp³-hybridized carbons (Fsp3) is 0.438. The minimum Gasteiger partial charge on any atom is -0.494 e. The molecule has 0 atom stereocenters. The number of benzene rings is 1. The summed E-state index contributed by atoms with van der Waals surface area (Å²) in [5.74, 6) is -0.308. The summed E-state index contributed by atoms with van der Waals surface area (Å²) in [5.41, 5.74) is 0.632. The average molecular weight is 307 g/mol. The first-order chi connectivity index (χ1) is 10.5. The second-order valence-electron chi connectivity index (χ2n) is 4.88. The van der Waals surface area contributed by atoms with Gasteiger partial charge < -0.3 is 15.2 Å². The fourth-order valence-electron chi connectivity index (χ4n) is 1.76. The Morgan fingerprint density at radius 1 is 1.09 bits per heavy atom. The van der Waals surface area contributed by atoms with Gasteiger partial charge in [0.05, 0.1) is 6.61 Å². The number of carboxylic acid groups (broad SMARTS) is 1. The molecule has 0 fully saturated rings. The number of nitrogens with one attached hydrogen (secondary N) is 1. The van der Waals surface area contributed by atoms with Gasteiger partial charge in [-0.3, -0.25) is 14.4 Å². The van der Waals surface area contributed by atoms with Crippen LogP contribution in [0.5, 0.6) is 5.75 Å². The number of Topliss-reactive ketones (excluding diaryl/α,β-unsaturated/α-hetero) is 1. The fourth-order valence-corrected chi connectivity index (χ4v) is 1.76. The molecule has 22 heavy (non-hydrogen) atoms. The molecular formula is C16H21NO5. The first kappa shape index (κ1) is 17.7. The zero-order valence-electron chi connectivity index (χ0n) is 12.6. The lowest BCUT2D eigenvalue weighted by atomic mass is 10.1. The molecule has 0 heterocycles. The normalized spacial score (nSPS) is 10.0. The van der Waals surface area contributed by atoms with Crippen molar-refractivity contribution in [1.29, 1.82) is 0 Å². The Morgan fingerprint density at radius 3 is 2.36 bits per heavy atom. The Labute approximate surface area is 129 Å². The highest BCUT2D eigenvalue weighted by molar-refractivity contribution is 5.94. The summed E-state index contributed by atoms with van der Waals surface area (Å²) < 4.78 is 5.48. The van der Waals surface area contributed by atoms with E-state index in [0.29, 0.717) is 43.7 Å². The van der Waals surface area contributed by atoms with Crippen LogP contribution in [0.1, 0.15) is 43.0 Å². The molecule has 120 valence electrons. The topological polar surface area (TPSA) is 92.7 Å². The van der Waals surface area contributed by atoms with Crippen LogP contribution >= 0.6 is 0 Å². The highest BCUT2D eigenvalue weighted by atomic mass is 16.5. The van der Waals surface area contributed by atoms with E-state index in [1.54, 1.807) is 24.3 Å². The zero-order chi connectivity index (χ0) is 16.4. The van der Waals surface area contributed by atoms with E-state index in [2.05, 4.69) is 5.32 Å². The molecule has 0 bridgehead atoms. The molecule has 0 saturated carbocycles. The molecule has 0 aliphatic heterocycles. The minimum absolute atomic E-state index is 0.00567. The van der Waals surface area contributed by atoms with Crippen molar-refractivity contribution in [2.75, 3.05) is 13.2 Å². The monoisotopic (exact) mass is 307 g/mol. The molecule has 6 nitrogen and oxygen atoms in total. The maximum atomic E-state index is 11.5. The quantitative estimate of drug-likeness (QED) is 0.509. The molecule has 1 aromatic rings. The van der Waals surface area contributed by atoms with Gasteiger partial charge in [0, 0.05) is 24.9 Å². The van der Waals surface area contributed by atoms with E-state index in [-0.39, 0.29) is 18.1 Å². The number of aliphatic carboxylic acids is 1. The molecule has 0 aliphatic carbocycles. The van der Waals surface area contributed by atoms with Gasteiger partial charge in [-0.15, -0.1) is 0 Å². The molecular weight excluding hydrogens is 286 g/mol. The third kappa shape index (κ3) is 7.42. The largest absolute Gasteiger partial charge is 0.494 e. The van der Waals surface area contributed by atoms with Crippen LogP contribution in [-0.2, 0) is 9.59 Å². The molecule has 0 saturated heterocycles. The van der Waals surface area contributed by atoms with E-state index in [0.717, 1.165) is 0 Å². The van der Waals surface area contributed by atoms with Crippen LogP contribution in [0.4, 0.5) is 0 Å². The number of amides is 1. The predicted octanol–water partition coefficient (Wildman–Crippen LogP) is 2.03. The molecule has 6 heteroatoms. The average Bonchev–Trinajstić information content (AvgIpc) is 2.48. The van der Waals surface area contributed by atoms with Crippen LogP contribution in [-0.4, -0.2) is 35.9 Å². The third-order valence-corrected chi connectivity index (χ3v) is 2.97. The standard InChI is InChI=1S/C16H21NO5/c1-12(18)13-6-8-14(9-7-13)22-11-3-4-15(19)17-10-2-5-16(20)21/h6-9H,2-5,10-11H2,1H3,(H,17,19)(H,20,21). The highest BCUT2D eigenvalue weighted by Gasteiger charge is 2.03. The lowest BCUT2D eigenvalue weighted by Gasteiger charge is -2.07. The SMILES string of the molecule is CC(=O)c1ccc(OCCCC(=O)NCCCC(=O)O)cc1. The van der Waals surface area contributed by atoms with Crippen LogP contribution in [0.15, 0.2) is 24.3 Å². The summed E-state index contributed by atoms with van der Waals surface area (Å²) >= 11 is 0. The summed E-state index contributed by atoms with van der Waals surface area (Å²) in [7, 11) is 0. The molecule has 1 aromatic carbocycles. The van der Waals surface area contributed by atoms with Crippen LogP contribution in [0.3, 0.4) is 0 Å². The number of carbonyl (C=O) groups is 3. The second kappa shape index (κ2) is 9.55. The van der Waals surface area contributed by atoms with E-state index >= 15 is 0 Å². The molecule has 1 amide bonds. The van der Waals surface area contributed by atoms with Crippen molar-refractivity contribution >= 4 is 17.7 Å². The molecule has 0 aliphatic rings. The number of ketones is 1. The lowest BCUT2D eigenvalue weighted by Crippen LogP contribution is -2.25. The summed E-state index contributed by atoms with van der Waals surface area (Å²) in [6.07, 6.45) is 1.39. The van der Waals surface area contributed by atoms with Gasteiger partial charge in [0.15, 0.2) is 5.78 Å². The van der Waals surface area contributed by atoms with Gasteiger partial charge >= 0.3 is 5.97 Å². The van der Waals surface area contributed by atoms with E-state index < -0.39 is 5.97 Å². The van der Waals surface area contributed by atoms with Crippen molar-refractivity contribution < 1.29 is 24.2 Å². The Balaban J connectivity index is 2.12. The smallest absolute Gasteiger partial charge is 0.303 e. The van der Waals surface area contributed by atoms with Gasteiger partial charge in [-0.05, 0) is 44.0 Å². The van der Waals surface area contributed by atoms with Crippen molar-refractivity contribution in [3.8, 4) is 5.75 Å². The number of carbonyl (C=O) groups excluding carboxylic acids is 2. The number of carboxylic acids is 1. The summed E-state index contributed by atoms with van der Waals surface area (Å²) in [6.45, 7) is 2.28. The van der Waals surface area contributed by atoms with Gasteiger partial charge in [-0.25, -0.2) is 0 Å². The van der Waals surface area contributed by atoms with E-state index in [4.69, 9.17) is 9.84 Å². The zero-order valence-corrected chi connectivity index (χ0v) is 12.6. The summed E-state index contributed by atoms with van der Waals surface area (Å²) in [5, 5.41) is 11.1. The molecule has 2 N–H and O–H groups in total. The number of hydrogen-bond acceptors (Lipinski definition) is 4. The summed E-state index contributed by atoms with van der Waals surface area (Å²) in [4.78, 5) is 32.9. The predicted molar refractivity (Wildman–Crippen MR) is 81.1 cm³/mol. The third-order valence-electron chi connectivity index (χ3n) is 2.97. The summed E-state index contributed by atoms with van der Waals surface area (Å²) in [6, 6.07) is 6.85. The lowest BCUT2D eigenvalue weighted by molar-refractivity contribution is -0.137. The molecule has 1 rings (SSSR count). The number of ether oxygens (including phenoxy) is 1. The van der Waals surface area contributed by atoms with Gasteiger partial charge in [-0.2, -0.15) is 0 Å². The Bertz CT molecular complexity index is 510. The Hall–Kier alpha value is -2.37. The molecule has 0 unspecified atom stereocenters. The first-order valence-electron chi connectivity index (χ1n) is 7.21. The Morgan fingerprint density at radius 2 is 1.77 bits per heavy atom. The van der Waals surface area contributed by atoms with Crippen LogP contribution < -0.4 is 10.1 Å². The van der Waals surface area contributed by atoms with Crippen molar-refractivity contribution in [3.05, 3.63) is 29.8 Å². The van der Waals surface area contributed by atoms with Crippen molar-refractivity contribution in [2.45, 2.75) is 32.6 Å². The van der Waals surface area contributed by atoms with Crippen molar-refractivity contribution in [3.63, 3.8) is 0 Å². The van der Waals surface area contributed by atoms with Gasteiger partial charge in [0.25, 0.3) is 0 Å². The van der Waals surface area contributed by atoms with E-state index in [1.807, 2.05) is 0 Å². The van der Waals surface area contributed by atoms with Crippen LogP contribution in [0.25, 0.3) is 0 Å². The van der Waals surface area contributed by atoms with Crippen molar-refractivity contribution in [1.82, 2.24) is 5.32 Å². The molecule has 0 radical (unpaired) electrons. The van der Waals surface area contributed by atoms with Crippen molar-refractivity contribution in [2.24, 2.45) is 0 Å². The van der Waals surface area contributed by atoms with E-state index in [9.17, 15) is 14.4 Å². The van der Waals surface area contributed by atoms with Gasteiger partial charge in [-0.1, -0.05) is 0 Å². The number of hydrogen-bond donors (Lipinski definition) is 2. The van der Waals surface area contributed by atoms with Gasteiger partial charge in [0.1, 0.15) is 5.75 Å². The second-order valence-corrected chi connectivity index (χ2v) is 4.88. The highest BCUT2D eigenvalue weighted by Crippen LogP contribution is 2.13. The number of rotatable bonds is 10. The maximum Gasteiger partial charge on any atom is 0.303 e. The maximum absolute atomic E-state index is 11.5. The molecule has 0 spiro atoms. The molecule has 0 aromatic heterocycles. The van der Waals surface area contributed by atoms with Gasteiger partial charge in [0.2, 0.25) is 5.91 Å².